The van der Waals surface area contributed by atoms with Gasteiger partial charge in [-0.05, 0) is 31.5 Å². The van der Waals surface area contributed by atoms with Crippen LogP contribution in [-0.2, 0) is 0 Å². The molecule has 0 saturated carbocycles. The van der Waals surface area contributed by atoms with Gasteiger partial charge in [-0.25, -0.2) is 4.39 Å². The lowest BCUT2D eigenvalue weighted by Gasteiger charge is -2.12. The van der Waals surface area contributed by atoms with Crippen LogP contribution in [0.2, 0.25) is 0 Å². The molecule has 0 spiro atoms. The van der Waals surface area contributed by atoms with Gasteiger partial charge >= 0.3 is 0 Å². The number of carbonyl (C=O) groups is 1. The fourth-order valence-corrected chi connectivity index (χ4v) is 2.40. The molecule has 0 radical (unpaired) electrons. The number of rotatable bonds is 3. The van der Waals surface area contributed by atoms with Gasteiger partial charge in [0.15, 0.2) is 17.2 Å². The third-order valence-electron chi connectivity index (χ3n) is 3.65. The molecule has 0 aliphatic rings. The Kier molecular flexibility index (Phi) is 3.63. The van der Waals surface area contributed by atoms with E-state index >= 15 is 0 Å². The average molecular weight is 298 g/mol. The first-order valence-corrected chi connectivity index (χ1v) is 6.96. The molecule has 4 nitrogen and oxygen atoms in total. The summed E-state index contributed by atoms with van der Waals surface area (Å²) in [6.45, 7) is 3.60. The lowest BCUT2D eigenvalue weighted by atomic mass is 10.1. The van der Waals surface area contributed by atoms with E-state index in [-0.39, 0.29) is 23.3 Å². The number of carbonyl (C=O) groups excluding carboxylic acids is 1. The van der Waals surface area contributed by atoms with E-state index < -0.39 is 5.82 Å². The Balaban J connectivity index is 1.90. The maximum Gasteiger partial charge on any atom is 0.287 e. The molecule has 1 atom stereocenters. The minimum atomic E-state index is -0.472. The molecule has 0 aliphatic heterocycles. The predicted molar refractivity (Wildman–Crippen MR) is 81.0 cm³/mol. The quantitative estimate of drug-likeness (QED) is 0.801. The molecule has 1 aromatic carbocycles. The molecule has 2 aromatic heterocycles. The molecule has 2 heterocycles. The van der Waals surface area contributed by atoms with Gasteiger partial charge in [0.05, 0.1) is 6.04 Å². The number of halogens is 1. The second kappa shape index (κ2) is 5.60. The van der Waals surface area contributed by atoms with Crippen molar-refractivity contribution < 1.29 is 13.6 Å². The van der Waals surface area contributed by atoms with Crippen molar-refractivity contribution in [2.75, 3.05) is 0 Å². The van der Waals surface area contributed by atoms with Crippen LogP contribution in [0.25, 0.3) is 11.0 Å². The number of fused-ring (bicyclic) bond motifs is 1. The summed E-state index contributed by atoms with van der Waals surface area (Å²) in [6, 6.07) is 8.10. The van der Waals surface area contributed by atoms with Crippen LogP contribution in [0.1, 0.15) is 34.6 Å². The van der Waals surface area contributed by atoms with Gasteiger partial charge in [-0.15, -0.1) is 0 Å². The summed E-state index contributed by atoms with van der Waals surface area (Å²) in [5, 5.41) is 3.45. The average Bonchev–Trinajstić information content (AvgIpc) is 2.87. The second-order valence-corrected chi connectivity index (χ2v) is 5.15. The van der Waals surface area contributed by atoms with Gasteiger partial charge in [0, 0.05) is 23.3 Å². The van der Waals surface area contributed by atoms with Gasteiger partial charge in [-0.1, -0.05) is 18.2 Å². The van der Waals surface area contributed by atoms with Crippen molar-refractivity contribution in [1.82, 2.24) is 10.3 Å². The maximum atomic E-state index is 13.7. The van der Waals surface area contributed by atoms with E-state index in [4.69, 9.17) is 4.42 Å². The van der Waals surface area contributed by atoms with Crippen molar-refractivity contribution >= 4 is 16.9 Å². The van der Waals surface area contributed by atoms with Crippen molar-refractivity contribution in [3.63, 3.8) is 0 Å². The van der Waals surface area contributed by atoms with E-state index in [0.29, 0.717) is 10.9 Å². The molecule has 3 rings (SSSR count). The van der Waals surface area contributed by atoms with Gasteiger partial charge < -0.3 is 9.73 Å². The van der Waals surface area contributed by atoms with Crippen molar-refractivity contribution in [2.45, 2.75) is 19.9 Å². The fraction of sp³-hybridized carbons (Fsp3) is 0.176. The van der Waals surface area contributed by atoms with E-state index in [9.17, 15) is 9.18 Å². The predicted octanol–water partition coefficient (Wildman–Crippen LogP) is 3.77. The number of furan rings is 1. The molecule has 112 valence electrons. The maximum absolute atomic E-state index is 13.7. The third kappa shape index (κ3) is 2.45. The number of aromatic nitrogens is 1. The standard InChI is InChI=1S/C17H15FN2O2/c1-10-13-6-3-7-14(18)16(13)22-15(10)17(21)20-11(2)12-5-4-8-19-9-12/h3-9,11H,1-2H3,(H,20,21)/t11-/m1/s1. The minimum Gasteiger partial charge on any atom is -0.448 e. The monoisotopic (exact) mass is 298 g/mol. The van der Waals surface area contributed by atoms with E-state index in [1.165, 1.54) is 6.07 Å². The molecule has 0 unspecified atom stereocenters. The zero-order valence-corrected chi connectivity index (χ0v) is 12.3. The van der Waals surface area contributed by atoms with E-state index in [0.717, 1.165) is 5.56 Å². The van der Waals surface area contributed by atoms with Gasteiger partial charge in [0.1, 0.15) is 0 Å². The molecular weight excluding hydrogens is 283 g/mol. The topological polar surface area (TPSA) is 55.1 Å². The van der Waals surface area contributed by atoms with Crippen molar-refractivity contribution in [3.05, 3.63) is 65.4 Å². The van der Waals surface area contributed by atoms with Crippen LogP contribution in [0.15, 0.2) is 47.1 Å². The Labute approximate surface area is 127 Å². The number of benzene rings is 1. The Morgan fingerprint density at radius 3 is 2.82 bits per heavy atom. The van der Waals surface area contributed by atoms with Gasteiger partial charge in [0.2, 0.25) is 0 Å². The Hall–Kier alpha value is -2.69. The first-order valence-electron chi connectivity index (χ1n) is 6.96. The van der Waals surface area contributed by atoms with E-state index in [2.05, 4.69) is 10.3 Å². The number of amides is 1. The molecule has 5 heteroatoms. The Morgan fingerprint density at radius 2 is 2.14 bits per heavy atom. The summed E-state index contributed by atoms with van der Waals surface area (Å²) in [5.41, 5.74) is 1.63. The number of hydrogen-bond donors (Lipinski definition) is 1. The molecule has 0 fully saturated rings. The molecule has 1 N–H and O–H groups in total. The fourth-order valence-electron chi connectivity index (χ4n) is 2.40. The van der Waals surface area contributed by atoms with Crippen LogP contribution in [0, 0.1) is 12.7 Å². The highest BCUT2D eigenvalue weighted by Gasteiger charge is 2.21. The van der Waals surface area contributed by atoms with Gasteiger partial charge in [-0.3, -0.25) is 9.78 Å². The lowest BCUT2D eigenvalue weighted by molar-refractivity contribution is 0.0913. The van der Waals surface area contributed by atoms with Crippen molar-refractivity contribution in [3.8, 4) is 0 Å². The number of nitrogens with zero attached hydrogens (tertiary/aromatic N) is 1. The molecule has 22 heavy (non-hydrogen) atoms. The normalized spacial score (nSPS) is 12.3. The molecule has 0 bridgehead atoms. The second-order valence-electron chi connectivity index (χ2n) is 5.15. The number of nitrogens with one attached hydrogen (secondary N) is 1. The number of hydrogen-bond acceptors (Lipinski definition) is 3. The molecule has 3 aromatic rings. The van der Waals surface area contributed by atoms with Crippen molar-refractivity contribution in [2.24, 2.45) is 0 Å². The highest BCUT2D eigenvalue weighted by Crippen LogP contribution is 2.27. The van der Waals surface area contributed by atoms with Crippen LogP contribution in [-0.4, -0.2) is 10.9 Å². The minimum absolute atomic E-state index is 0.110. The lowest BCUT2D eigenvalue weighted by Crippen LogP contribution is -2.26. The molecule has 1 amide bonds. The van der Waals surface area contributed by atoms with Gasteiger partial charge in [-0.2, -0.15) is 0 Å². The van der Waals surface area contributed by atoms with Crippen LogP contribution in [0.5, 0.6) is 0 Å². The molecule has 0 aliphatic carbocycles. The third-order valence-corrected chi connectivity index (χ3v) is 3.65. The smallest absolute Gasteiger partial charge is 0.287 e. The van der Waals surface area contributed by atoms with Crippen LogP contribution < -0.4 is 5.32 Å². The Bertz CT molecular complexity index is 827. The number of pyridine rings is 1. The summed E-state index contributed by atoms with van der Waals surface area (Å²) in [4.78, 5) is 16.4. The summed E-state index contributed by atoms with van der Waals surface area (Å²) in [5.74, 6) is -0.708. The Morgan fingerprint density at radius 1 is 1.32 bits per heavy atom. The first-order chi connectivity index (χ1) is 10.6. The van der Waals surface area contributed by atoms with E-state index in [1.807, 2.05) is 13.0 Å². The van der Waals surface area contributed by atoms with Crippen LogP contribution >= 0.6 is 0 Å². The van der Waals surface area contributed by atoms with E-state index in [1.54, 1.807) is 37.5 Å². The van der Waals surface area contributed by atoms with Crippen molar-refractivity contribution in [1.29, 1.82) is 0 Å². The van der Waals surface area contributed by atoms with Crippen LogP contribution in [0.4, 0.5) is 4.39 Å². The van der Waals surface area contributed by atoms with Crippen LogP contribution in [0.3, 0.4) is 0 Å². The summed E-state index contributed by atoms with van der Waals surface area (Å²) in [6.07, 6.45) is 3.36. The summed E-state index contributed by atoms with van der Waals surface area (Å²) in [7, 11) is 0. The van der Waals surface area contributed by atoms with Gasteiger partial charge in [0.25, 0.3) is 5.91 Å². The first kappa shape index (κ1) is 14.3. The summed E-state index contributed by atoms with van der Waals surface area (Å²) >= 11 is 0. The zero-order chi connectivity index (χ0) is 15.7. The largest absolute Gasteiger partial charge is 0.448 e. The molecular formula is C17H15FN2O2. The molecule has 0 saturated heterocycles. The zero-order valence-electron chi connectivity index (χ0n) is 12.3. The highest BCUT2D eigenvalue weighted by molar-refractivity contribution is 5.99. The highest BCUT2D eigenvalue weighted by atomic mass is 19.1. The number of para-hydroxylation sites is 1. The summed E-state index contributed by atoms with van der Waals surface area (Å²) < 4.78 is 19.2. The SMILES string of the molecule is Cc1c(C(=O)N[C@H](C)c2cccnc2)oc2c(F)cccc12. The number of aryl methyl sites for hydroxylation is 1.